The predicted octanol–water partition coefficient (Wildman–Crippen LogP) is 3.04. The number of carbonyl (C=O) groups is 2. The van der Waals surface area contributed by atoms with Gasteiger partial charge in [-0.3, -0.25) is 14.6 Å². The van der Waals surface area contributed by atoms with Crippen LogP contribution in [0, 0.1) is 0 Å². The Labute approximate surface area is 167 Å². The van der Waals surface area contributed by atoms with Crippen LogP contribution in [-0.4, -0.2) is 30.0 Å². The Morgan fingerprint density at radius 1 is 0.897 bits per heavy atom. The van der Waals surface area contributed by atoms with Crippen LogP contribution in [0.1, 0.15) is 26.4 Å². The maximum absolute atomic E-state index is 12.6. The topological polar surface area (TPSA) is 89.6 Å². The SMILES string of the molecule is O=C(Nc1ccc2c(c1)OCCO2)c1ccnc(C(=O)NCc2ccccc2)c1. The van der Waals surface area contributed by atoms with Crippen molar-refractivity contribution in [2.75, 3.05) is 18.5 Å². The molecule has 0 bridgehead atoms. The molecule has 146 valence electrons. The van der Waals surface area contributed by atoms with Crippen molar-refractivity contribution < 1.29 is 19.1 Å². The second kappa shape index (κ2) is 8.43. The molecule has 2 amide bonds. The van der Waals surface area contributed by atoms with Gasteiger partial charge in [0.25, 0.3) is 11.8 Å². The average Bonchev–Trinajstić information content (AvgIpc) is 2.78. The molecule has 2 N–H and O–H groups in total. The minimum atomic E-state index is -0.346. The number of aromatic nitrogens is 1. The summed E-state index contributed by atoms with van der Waals surface area (Å²) in [6.07, 6.45) is 1.44. The summed E-state index contributed by atoms with van der Waals surface area (Å²) >= 11 is 0. The third-order valence-corrected chi connectivity index (χ3v) is 4.35. The molecule has 0 saturated heterocycles. The van der Waals surface area contributed by atoms with E-state index < -0.39 is 0 Å². The molecule has 0 unspecified atom stereocenters. The van der Waals surface area contributed by atoms with Gasteiger partial charge in [0.05, 0.1) is 0 Å². The molecule has 7 nitrogen and oxygen atoms in total. The summed E-state index contributed by atoms with van der Waals surface area (Å²) in [4.78, 5) is 29.0. The van der Waals surface area contributed by atoms with Gasteiger partial charge in [0, 0.05) is 30.1 Å². The standard InChI is InChI=1S/C22H19N3O4/c26-21(25-17-6-7-19-20(13-17)29-11-10-28-19)16-8-9-23-18(12-16)22(27)24-14-15-4-2-1-3-5-15/h1-9,12-13H,10-11,14H2,(H,24,27)(H,25,26). The Morgan fingerprint density at radius 3 is 2.52 bits per heavy atom. The fourth-order valence-electron chi connectivity index (χ4n) is 2.89. The fourth-order valence-corrected chi connectivity index (χ4v) is 2.89. The van der Waals surface area contributed by atoms with Crippen LogP contribution in [0.4, 0.5) is 5.69 Å². The molecular weight excluding hydrogens is 370 g/mol. The summed E-state index contributed by atoms with van der Waals surface area (Å²) in [6.45, 7) is 1.36. The van der Waals surface area contributed by atoms with Gasteiger partial charge in [-0.25, -0.2) is 0 Å². The third-order valence-electron chi connectivity index (χ3n) is 4.35. The van der Waals surface area contributed by atoms with Crippen LogP contribution in [0.25, 0.3) is 0 Å². The van der Waals surface area contributed by atoms with E-state index in [4.69, 9.17) is 9.47 Å². The third kappa shape index (κ3) is 4.52. The van der Waals surface area contributed by atoms with E-state index in [0.29, 0.717) is 42.5 Å². The lowest BCUT2D eigenvalue weighted by atomic mass is 10.2. The van der Waals surface area contributed by atoms with Gasteiger partial charge in [-0.15, -0.1) is 0 Å². The second-order valence-corrected chi connectivity index (χ2v) is 6.41. The second-order valence-electron chi connectivity index (χ2n) is 6.41. The summed E-state index contributed by atoms with van der Waals surface area (Å²) in [7, 11) is 0. The Morgan fingerprint density at radius 2 is 1.69 bits per heavy atom. The molecule has 0 spiro atoms. The predicted molar refractivity (Wildman–Crippen MR) is 107 cm³/mol. The average molecular weight is 389 g/mol. The summed E-state index contributed by atoms with van der Waals surface area (Å²) in [6, 6.07) is 17.8. The number of amides is 2. The number of ether oxygens (including phenoxy) is 2. The van der Waals surface area contributed by atoms with Crippen LogP contribution in [-0.2, 0) is 6.54 Å². The molecule has 0 saturated carbocycles. The largest absolute Gasteiger partial charge is 0.486 e. The van der Waals surface area contributed by atoms with Crippen molar-refractivity contribution in [2.24, 2.45) is 0 Å². The lowest BCUT2D eigenvalue weighted by Gasteiger charge is -2.19. The molecule has 29 heavy (non-hydrogen) atoms. The number of anilines is 1. The van der Waals surface area contributed by atoms with Gasteiger partial charge in [-0.2, -0.15) is 0 Å². The molecule has 0 fully saturated rings. The smallest absolute Gasteiger partial charge is 0.270 e. The molecule has 2 aromatic carbocycles. The number of hydrogen-bond donors (Lipinski definition) is 2. The zero-order chi connectivity index (χ0) is 20.1. The van der Waals surface area contributed by atoms with E-state index in [2.05, 4.69) is 15.6 Å². The van der Waals surface area contributed by atoms with Crippen LogP contribution in [0.3, 0.4) is 0 Å². The maximum Gasteiger partial charge on any atom is 0.270 e. The van der Waals surface area contributed by atoms with Crippen molar-refractivity contribution in [3.63, 3.8) is 0 Å². The van der Waals surface area contributed by atoms with E-state index in [0.717, 1.165) is 5.56 Å². The zero-order valence-corrected chi connectivity index (χ0v) is 15.6. The fraction of sp³-hybridized carbons (Fsp3) is 0.136. The number of nitrogens with one attached hydrogen (secondary N) is 2. The molecule has 2 heterocycles. The molecule has 1 aliphatic heterocycles. The first-order valence-electron chi connectivity index (χ1n) is 9.18. The highest BCUT2D eigenvalue weighted by Crippen LogP contribution is 2.32. The first-order valence-corrected chi connectivity index (χ1v) is 9.18. The minimum absolute atomic E-state index is 0.177. The Balaban J connectivity index is 1.42. The van der Waals surface area contributed by atoms with Crippen molar-refractivity contribution in [1.29, 1.82) is 0 Å². The normalized spacial score (nSPS) is 12.1. The summed E-state index contributed by atoms with van der Waals surface area (Å²) < 4.78 is 11.0. The van der Waals surface area contributed by atoms with Gasteiger partial charge in [-0.05, 0) is 29.8 Å². The van der Waals surface area contributed by atoms with Gasteiger partial charge in [0.15, 0.2) is 11.5 Å². The highest BCUT2D eigenvalue weighted by molar-refractivity contribution is 6.05. The number of rotatable bonds is 5. The summed E-state index contributed by atoms with van der Waals surface area (Å²) in [5, 5.41) is 5.60. The molecule has 7 heteroatoms. The van der Waals surface area contributed by atoms with Crippen LogP contribution in [0.15, 0.2) is 66.9 Å². The van der Waals surface area contributed by atoms with Gasteiger partial charge in [-0.1, -0.05) is 30.3 Å². The Kier molecular flexibility index (Phi) is 5.38. The van der Waals surface area contributed by atoms with E-state index in [9.17, 15) is 9.59 Å². The quantitative estimate of drug-likeness (QED) is 0.700. The number of nitrogens with zero attached hydrogens (tertiary/aromatic N) is 1. The summed E-state index contributed by atoms with van der Waals surface area (Å²) in [5.41, 5.74) is 2.06. The molecule has 1 aromatic heterocycles. The van der Waals surface area contributed by atoms with Crippen LogP contribution >= 0.6 is 0 Å². The van der Waals surface area contributed by atoms with Crippen LogP contribution < -0.4 is 20.1 Å². The molecule has 0 radical (unpaired) electrons. The molecule has 1 aliphatic rings. The molecular formula is C22H19N3O4. The van der Waals surface area contributed by atoms with Crippen LogP contribution in [0.5, 0.6) is 11.5 Å². The van der Waals surface area contributed by atoms with Crippen molar-refractivity contribution in [1.82, 2.24) is 10.3 Å². The molecule has 4 rings (SSSR count). The highest BCUT2D eigenvalue weighted by atomic mass is 16.6. The highest BCUT2D eigenvalue weighted by Gasteiger charge is 2.15. The lowest BCUT2D eigenvalue weighted by Crippen LogP contribution is -2.24. The lowest BCUT2D eigenvalue weighted by molar-refractivity contribution is 0.0946. The van der Waals surface area contributed by atoms with E-state index >= 15 is 0 Å². The van der Waals surface area contributed by atoms with Crippen molar-refractivity contribution in [3.8, 4) is 11.5 Å². The molecule has 0 atom stereocenters. The number of carbonyl (C=O) groups excluding carboxylic acids is 2. The first kappa shape index (κ1) is 18.5. The number of pyridine rings is 1. The van der Waals surface area contributed by atoms with Gasteiger partial charge in [0.1, 0.15) is 18.9 Å². The Bertz CT molecular complexity index is 1040. The minimum Gasteiger partial charge on any atom is -0.486 e. The molecule has 0 aliphatic carbocycles. The van der Waals surface area contributed by atoms with E-state index in [1.54, 1.807) is 24.3 Å². The number of hydrogen-bond acceptors (Lipinski definition) is 5. The number of fused-ring (bicyclic) bond motifs is 1. The summed E-state index contributed by atoms with van der Waals surface area (Å²) in [5.74, 6) is 0.546. The van der Waals surface area contributed by atoms with E-state index in [1.807, 2.05) is 30.3 Å². The van der Waals surface area contributed by atoms with Crippen molar-refractivity contribution in [2.45, 2.75) is 6.54 Å². The first-order chi connectivity index (χ1) is 14.2. The maximum atomic E-state index is 12.6. The van der Waals surface area contributed by atoms with E-state index in [-0.39, 0.29) is 17.5 Å². The van der Waals surface area contributed by atoms with Crippen LogP contribution in [0.2, 0.25) is 0 Å². The van der Waals surface area contributed by atoms with Gasteiger partial charge in [0.2, 0.25) is 0 Å². The Hall–Kier alpha value is -3.87. The molecule has 3 aromatic rings. The van der Waals surface area contributed by atoms with Crippen molar-refractivity contribution >= 4 is 17.5 Å². The number of benzene rings is 2. The van der Waals surface area contributed by atoms with E-state index in [1.165, 1.54) is 12.3 Å². The van der Waals surface area contributed by atoms with Gasteiger partial charge < -0.3 is 20.1 Å². The zero-order valence-electron chi connectivity index (χ0n) is 15.6. The van der Waals surface area contributed by atoms with Gasteiger partial charge >= 0.3 is 0 Å². The monoisotopic (exact) mass is 389 g/mol. The van der Waals surface area contributed by atoms with Crippen molar-refractivity contribution in [3.05, 3.63) is 83.7 Å².